The number of morpholine rings is 1. The van der Waals surface area contributed by atoms with Crippen molar-refractivity contribution in [2.24, 2.45) is 5.92 Å². The van der Waals surface area contributed by atoms with Gasteiger partial charge in [-0.05, 0) is 31.8 Å². The molecule has 128 valence electrons. The smallest absolute Gasteiger partial charge is 0.282 e. The minimum absolute atomic E-state index is 0.482. The van der Waals surface area contributed by atoms with Crippen LogP contribution in [0.5, 0.6) is 0 Å². The van der Waals surface area contributed by atoms with Crippen LogP contribution in [0.3, 0.4) is 0 Å². The highest BCUT2D eigenvalue weighted by atomic mass is 32.2. The predicted molar refractivity (Wildman–Crippen MR) is 84.9 cm³/mol. The van der Waals surface area contributed by atoms with Gasteiger partial charge in [0.2, 0.25) is 0 Å². The standard InChI is InChI=1S/C14H28N4O3S/c19-22(20,18-8-10-21-11-9-18)17-6-4-16(5-7-17)13-14-2-1-3-15-12-14/h14-15H,1-13H2. The van der Waals surface area contributed by atoms with E-state index < -0.39 is 10.2 Å². The molecule has 0 bridgehead atoms. The van der Waals surface area contributed by atoms with Gasteiger partial charge in [-0.2, -0.15) is 17.0 Å². The van der Waals surface area contributed by atoms with Crippen molar-refractivity contribution in [3.05, 3.63) is 0 Å². The summed E-state index contributed by atoms with van der Waals surface area (Å²) in [6, 6.07) is 0. The minimum atomic E-state index is -3.29. The van der Waals surface area contributed by atoms with Crippen molar-refractivity contribution in [3.63, 3.8) is 0 Å². The molecule has 3 aliphatic rings. The minimum Gasteiger partial charge on any atom is -0.379 e. The maximum absolute atomic E-state index is 12.6. The molecule has 3 aliphatic heterocycles. The Bertz CT molecular complexity index is 439. The van der Waals surface area contributed by atoms with E-state index in [2.05, 4.69) is 10.2 Å². The SMILES string of the molecule is O=S(=O)(N1CCOCC1)N1CCN(CC2CCCNC2)CC1. The van der Waals surface area contributed by atoms with E-state index in [0.29, 0.717) is 39.4 Å². The van der Waals surface area contributed by atoms with Gasteiger partial charge in [0.1, 0.15) is 0 Å². The molecule has 0 amide bonds. The largest absolute Gasteiger partial charge is 0.379 e. The maximum Gasteiger partial charge on any atom is 0.282 e. The second-order valence-corrected chi connectivity index (χ2v) is 8.36. The highest BCUT2D eigenvalue weighted by Crippen LogP contribution is 2.16. The fraction of sp³-hybridized carbons (Fsp3) is 1.00. The average Bonchev–Trinajstić information content (AvgIpc) is 2.57. The van der Waals surface area contributed by atoms with Crippen LogP contribution in [0.25, 0.3) is 0 Å². The van der Waals surface area contributed by atoms with E-state index in [9.17, 15) is 8.42 Å². The molecule has 3 heterocycles. The second kappa shape index (κ2) is 7.55. The van der Waals surface area contributed by atoms with Gasteiger partial charge in [0.05, 0.1) is 13.2 Å². The molecular weight excluding hydrogens is 304 g/mol. The highest BCUT2D eigenvalue weighted by molar-refractivity contribution is 7.86. The van der Waals surface area contributed by atoms with Crippen LogP contribution in [0.1, 0.15) is 12.8 Å². The first-order chi connectivity index (χ1) is 10.7. The Hall–Kier alpha value is -0.250. The molecule has 0 radical (unpaired) electrons. The molecule has 3 saturated heterocycles. The van der Waals surface area contributed by atoms with E-state index >= 15 is 0 Å². The van der Waals surface area contributed by atoms with Crippen molar-refractivity contribution in [1.29, 1.82) is 0 Å². The number of nitrogens with one attached hydrogen (secondary N) is 1. The lowest BCUT2D eigenvalue weighted by Gasteiger charge is -2.39. The van der Waals surface area contributed by atoms with Gasteiger partial charge in [-0.25, -0.2) is 0 Å². The van der Waals surface area contributed by atoms with Gasteiger partial charge in [-0.15, -0.1) is 0 Å². The van der Waals surface area contributed by atoms with Gasteiger partial charge in [-0.3, -0.25) is 0 Å². The van der Waals surface area contributed by atoms with Crippen LogP contribution in [0.2, 0.25) is 0 Å². The molecule has 1 unspecified atom stereocenters. The lowest BCUT2D eigenvalue weighted by Crippen LogP contribution is -2.55. The molecule has 22 heavy (non-hydrogen) atoms. The summed E-state index contributed by atoms with van der Waals surface area (Å²) >= 11 is 0. The van der Waals surface area contributed by atoms with Crippen molar-refractivity contribution in [1.82, 2.24) is 18.8 Å². The number of ether oxygens (including phenoxy) is 1. The Kier molecular flexibility index (Phi) is 5.69. The van der Waals surface area contributed by atoms with Crippen LogP contribution < -0.4 is 5.32 Å². The van der Waals surface area contributed by atoms with Crippen molar-refractivity contribution in [2.45, 2.75) is 12.8 Å². The molecule has 8 heteroatoms. The molecule has 0 aromatic carbocycles. The summed E-state index contributed by atoms with van der Waals surface area (Å²) in [4.78, 5) is 2.42. The monoisotopic (exact) mass is 332 g/mol. The number of rotatable bonds is 4. The van der Waals surface area contributed by atoms with Crippen molar-refractivity contribution >= 4 is 10.2 Å². The summed E-state index contributed by atoms with van der Waals surface area (Å²) < 4.78 is 33.7. The zero-order chi connectivity index (χ0) is 15.4. The Balaban J connectivity index is 1.48. The van der Waals surface area contributed by atoms with Crippen molar-refractivity contribution in [2.75, 3.05) is 72.1 Å². The molecule has 0 aromatic rings. The lowest BCUT2D eigenvalue weighted by molar-refractivity contribution is 0.0680. The Morgan fingerprint density at radius 3 is 2.32 bits per heavy atom. The van der Waals surface area contributed by atoms with Crippen LogP contribution in [0.15, 0.2) is 0 Å². The number of nitrogens with zero attached hydrogens (tertiary/aromatic N) is 3. The third-order valence-electron chi connectivity index (χ3n) is 4.87. The van der Waals surface area contributed by atoms with Gasteiger partial charge in [-0.1, -0.05) is 0 Å². The fourth-order valence-electron chi connectivity index (χ4n) is 3.53. The van der Waals surface area contributed by atoms with E-state index in [1.54, 1.807) is 8.61 Å². The Morgan fingerprint density at radius 2 is 1.68 bits per heavy atom. The second-order valence-electron chi connectivity index (χ2n) is 6.43. The van der Waals surface area contributed by atoms with Gasteiger partial charge >= 0.3 is 0 Å². The zero-order valence-electron chi connectivity index (χ0n) is 13.2. The normalized spacial score (nSPS) is 30.5. The van der Waals surface area contributed by atoms with E-state index in [0.717, 1.165) is 38.6 Å². The predicted octanol–water partition coefficient (Wildman–Crippen LogP) is -0.819. The molecule has 0 aliphatic carbocycles. The summed E-state index contributed by atoms with van der Waals surface area (Å²) in [5.41, 5.74) is 0. The van der Waals surface area contributed by atoms with Crippen LogP contribution in [-0.2, 0) is 14.9 Å². The van der Waals surface area contributed by atoms with Crippen LogP contribution >= 0.6 is 0 Å². The third-order valence-corrected chi connectivity index (χ3v) is 6.90. The number of piperidine rings is 1. The highest BCUT2D eigenvalue weighted by Gasteiger charge is 2.33. The number of hydrogen-bond acceptors (Lipinski definition) is 5. The molecular formula is C14H28N4O3S. The van der Waals surface area contributed by atoms with E-state index in [1.165, 1.54) is 12.8 Å². The Morgan fingerprint density at radius 1 is 1.00 bits per heavy atom. The summed E-state index contributed by atoms with van der Waals surface area (Å²) in [5, 5.41) is 3.45. The summed E-state index contributed by atoms with van der Waals surface area (Å²) in [5.74, 6) is 0.719. The quantitative estimate of drug-likeness (QED) is 0.729. The average molecular weight is 332 g/mol. The number of hydrogen-bond donors (Lipinski definition) is 1. The first-order valence-corrected chi connectivity index (χ1v) is 9.82. The molecule has 1 N–H and O–H groups in total. The topological polar surface area (TPSA) is 65.1 Å². The molecule has 3 rings (SSSR count). The van der Waals surface area contributed by atoms with Gasteiger partial charge < -0.3 is 15.0 Å². The van der Waals surface area contributed by atoms with Gasteiger partial charge in [0.15, 0.2) is 0 Å². The zero-order valence-corrected chi connectivity index (χ0v) is 14.1. The first kappa shape index (κ1) is 16.6. The first-order valence-electron chi connectivity index (χ1n) is 8.42. The Labute approximate surface area is 133 Å². The van der Waals surface area contributed by atoms with Crippen LogP contribution in [0.4, 0.5) is 0 Å². The van der Waals surface area contributed by atoms with E-state index in [4.69, 9.17) is 4.74 Å². The van der Waals surface area contributed by atoms with Crippen LogP contribution in [-0.4, -0.2) is 94.0 Å². The van der Waals surface area contributed by atoms with E-state index in [-0.39, 0.29) is 0 Å². The summed E-state index contributed by atoms with van der Waals surface area (Å²) in [6.45, 7) is 8.24. The van der Waals surface area contributed by atoms with Gasteiger partial charge in [0.25, 0.3) is 10.2 Å². The summed E-state index contributed by atoms with van der Waals surface area (Å²) in [6.07, 6.45) is 2.55. The molecule has 3 fully saturated rings. The molecule has 0 aromatic heterocycles. The molecule has 7 nitrogen and oxygen atoms in total. The van der Waals surface area contributed by atoms with Crippen molar-refractivity contribution < 1.29 is 13.2 Å². The van der Waals surface area contributed by atoms with Gasteiger partial charge in [0, 0.05) is 45.8 Å². The molecule has 0 spiro atoms. The van der Waals surface area contributed by atoms with Crippen molar-refractivity contribution in [3.8, 4) is 0 Å². The third kappa shape index (κ3) is 3.98. The fourth-order valence-corrected chi connectivity index (χ4v) is 5.09. The summed E-state index contributed by atoms with van der Waals surface area (Å²) in [7, 11) is -3.29. The van der Waals surface area contributed by atoms with E-state index in [1.807, 2.05) is 0 Å². The number of piperazine rings is 1. The molecule has 1 atom stereocenters. The maximum atomic E-state index is 12.6. The lowest BCUT2D eigenvalue weighted by atomic mass is 9.99. The molecule has 0 saturated carbocycles. The van der Waals surface area contributed by atoms with Crippen LogP contribution in [0, 0.1) is 5.92 Å².